The lowest BCUT2D eigenvalue weighted by Gasteiger charge is -2.35. The highest BCUT2D eigenvalue weighted by Gasteiger charge is 2.34. The Balaban J connectivity index is 1.69. The molecule has 0 bridgehead atoms. The number of halogens is 1. The predicted octanol–water partition coefficient (Wildman–Crippen LogP) is 2.62. The van der Waals surface area contributed by atoms with Crippen LogP contribution in [0.2, 0.25) is 0 Å². The summed E-state index contributed by atoms with van der Waals surface area (Å²) >= 11 is 0. The van der Waals surface area contributed by atoms with Crippen LogP contribution in [-0.4, -0.2) is 34.8 Å². The van der Waals surface area contributed by atoms with Crippen LogP contribution >= 0.6 is 0 Å². The van der Waals surface area contributed by atoms with Gasteiger partial charge in [0.25, 0.3) is 0 Å². The van der Waals surface area contributed by atoms with Crippen LogP contribution in [0.3, 0.4) is 0 Å². The lowest BCUT2D eigenvalue weighted by atomic mass is 9.83. The zero-order valence-corrected chi connectivity index (χ0v) is 15.0. The van der Waals surface area contributed by atoms with Crippen molar-refractivity contribution in [2.75, 3.05) is 18.0 Å². The molecule has 1 aromatic carbocycles. The summed E-state index contributed by atoms with van der Waals surface area (Å²) in [6.45, 7) is 5.23. The Hall–Kier alpha value is -2.37. The topological polar surface area (TPSA) is 50.2 Å². The third kappa shape index (κ3) is 3.67. The van der Waals surface area contributed by atoms with E-state index in [0.717, 1.165) is 31.6 Å². The number of hydrogen-bond acceptors (Lipinski definition) is 3. The highest BCUT2D eigenvalue weighted by molar-refractivity contribution is 5.87. The Morgan fingerprint density at radius 3 is 2.80 bits per heavy atom. The standard InChI is InChI=1S/C19H25FN4O/c1-19(2,16-8-4-5-9-17(16)20)18(25)22-14-7-6-10-24(12-14)15-11-21-23(3)13-15/h4-5,8-9,11,13-14H,6-7,10,12H2,1-3H3,(H,22,25)/t14-/m0/s1. The largest absolute Gasteiger partial charge is 0.367 e. The first kappa shape index (κ1) is 17.5. The monoisotopic (exact) mass is 344 g/mol. The van der Waals surface area contributed by atoms with Crippen molar-refractivity contribution in [2.45, 2.75) is 38.1 Å². The van der Waals surface area contributed by atoms with Crippen molar-refractivity contribution in [3.8, 4) is 0 Å². The van der Waals surface area contributed by atoms with Gasteiger partial charge in [-0.15, -0.1) is 0 Å². The fourth-order valence-electron chi connectivity index (χ4n) is 3.36. The first-order valence-electron chi connectivity index (χ1n) is 8.67. The Morgan fingerprint density at radius 1 is 1.36 bits per heavy atom. The van der Waals surface area contributed by atoms with Crippen molar-refractivity contribution in [2.24, 2.45) is 7.05 Å². The maximum Gasteiger partial charge on any atom is 0.230 e. The third-order valence-corrected chi connectivity index (χ3v) is 4.93. The third-order valence-electron chi connectivity index (χ3n) is 4.93. The summed E-state index contributed by atoms with van der Waals surface area (Å²) < 4.78 is 15.9. The van der Waals surface area contributed by atoms with Crippen LogP contribution in [0.4, 0.5) is 10.1 Å². The first-order chi connectivity index (χ1) is 11.9. The van der Waals surface area contributed by atoms with Crippen LogP contribution in [-0.2, 0) is 17.3 Å². The maximum atomic E-state index is 14.1. The molecule has 1 saturated heterocycles. The molecule has 1 N–H and O–H groups in total. The first-order valence-corrected chi connectivity index (χ1v) is 8.67. The van der Waals surface area contributed by atoms with E-state index in [9.17, 15) is 9.18 Å². The van der Waals surface area contributed by atoms with Crippen LogP contribution in [0.1, 0.15) is 32.3 Å². The van der Waals surface area contributed by atoms with Gasteiger partial charge < -0.3 is 10.2 Å². The lowest BCUT2D eigenvalue weighted by molar-refractivity contribution is -0.126. The summed E-state index contributed by atoms with van der Waals surface area (Å²) in [5.74, 6) is -0.487. The number of aromatic nitrogens is 2. The van der Waals surface area contributed by atoms with E-state index >= 15 is 0 Å². The molecule has 0 spiro atoms. The summed E-state index contributed by atoms with van der Waals surface area (Å²) in [6, 6.07) is 6.53. The summed E-state index contributed by atoms with van der Waals surface area (Å²) in [6.07, 6.45) is 5.75. The van der Waals surface area contributed by atoms with Gasteiger partial charge in [-0.1, -0.05) is 18.2 Å². The van der Waals surface area contributed by atoms with E-state index in [0.29, 0.717) is 5.56 Å². The van der Waals surface area contributed by atoms with Gasteiger partial charge in [0, 0.05) is 37.9 Å². The number of rotatable bonds is 4. The number of aryl methyl sites for hydroxylation is 1. The minimum atomic E-state index is -0.915. The molecule has 3 rings (SSSR count). The molecule has 1 aromatic heterocycles. The number of anilines is 1. The molecule has 0 unspecified atom stereocenters. The molecule has 1 amide bonds. The van der Waals surface area contributed by atoms with Gasteiger partial charge in [-0.25, -0.2) is 4.39 Å². The number of piperidine rings is 1. The molecule has 0 aliphatic carbocycles. The van der Waals surface area contributed by atoms with E-state index in [2.05, 4.69) is 15.3 Å². The molecule has 6 heteroatoms. The van der Waals surface area contributed by atoms with Gasteiger partial charge in [0.05, 0.1) is 17.3 Å². The number of carbonyl (C=O) groups excluding carboxylic acids is 1. The average Bonchev–Trinajstić information content (AvgIpc) is 3.02. The number of benzene rings is 1. The lowest BCUT2D eigenvalue weighted by Crippen LogP contribution is -2.52. The summed E-state index contributed by atoms with van der Waals surface area (Å²) in [4.78, 5) is 15.1. The second-order valence-corrected chi connectivity index (χ2v) is 7.24. The zero-order valence-electron chi connectivity index (χ0n) is 15.0. The van der Waals surface area contributed by atoms with Crippen molar-refractivity contribution in [3.63, 3.8) is 0 Å². The van der Waals surface area contributed by atoms with Gasteiger partial charge >= 0.3 is 0 Å². The summed E-state index contributed by atoms with van der Waals surface area (Å²) in [7, 11) is 1.89. The molecular weight excluding hydrogens is 319 g/mol. The fourth-order valence-corrected chi connectivity index (χ4v) is 3.36. The number of nitrogens with one attached hydrogen (secondary N) is 1. The van der Waals surface area contributed by atoms with E-state index in [4.69, 9.17) is 0 Å². The minimum absolute atomic E-state index is 0.0486. The van der Waals surface area contributed by atoms with Crippen LogP contribution in [0.25, 0.3) is 0 Å². The molecule has 2 aromatic rings. The molecule has 2 heterocycles. The molecule has 1 atom stereocenters. The van der Waals surface area contributed by atoms with Crippen molar-refractivity contribution in [1.82, 2.24) is 15.1 Å². The minimum Gasteiger partial charge on any atom is -0.367 e. The Kier molecular flexibility index (Phi) is 4.79. The number of amides is 1. The van der Waals surface area contributed by atoms with Crippen molar-refractivity contribution in [3.05, 3.63) is 48.0 Å². The molecule has 1 aliphatic heterocycles. The zero-order chi connectivity index (χ0) is 18.0. The molecule has 0 radical (unpaired) electrons. The van der Waals surface area contributed by atoms with Gasteiger partial charge in [0.1, 0.15) is 5.82 Å². The maximum absolute atomic E-state index is 14.1. The highest BCUT2D eigenvalue weighted by atomic mass is 19.1. The molecule has 1 aliphatic rings. The fraction of sp³-hybridized carbons (Fsp3) is 0.474. The second kappa shape index (κ2) is 6.86. The van der Waals surface area contributed by atoms with Gasteiger partial charge in [-0.2, -0.15) is 5.10 Å². The molecule has 1 fully saturated rings. The summed E-state index contributed by atoms with van der Waals surface area (Å²) in [5, 5.41) is 7.33. The highest BCUT2D eigenvalue weighted by Crippen LogP contribution is 2.27. The van der Waals surface area contributed by atoms with Gasteiger partial charge in [-0.3, -0.25) is 9.48 Å². The second-order valence-electron chi connectivity index (χ2n) is 7.24. The average molecular weight is 344 g/mol. The van der Waals surface area contributed by atoms with E-state index < -0.39 is 5.41 Å². The number of nitrogens with zero attached hydrogens (tertiary/aromatic N) is 3. The molecule has 0 saturated carbocycles. The Labute approximate surface area is 147 Å². The molecule has 25 heavy (non-hydrogen) atoms. The predicted molar refractivity (Wildman–Crippen MR) is 96.0 cm³/mol. The molecule has 134 valence electrons. The van der Waals surface area contributed by atoms with E-state index in [1.165, 1.54) is 6.07 Å². The molecular formula is C19H25FN4O. The normalized spacial score (nSPS) is 18.2. The Morgan fingerprint density at radius 2 is 2.12 bits per heavy atom. The number of hydrogen-bond donors (Lipinski definition) is 1. The van der Waals surface area contributed by atoms with Crippen molar-refractivity contribution < 1.29 is 9.18 Å². The van der Waals surface area contributed by atoms with Crippen LogP contribution in [0, 0.1) is 5.82 Å². The van der Waals surface area contributed by atoms with Gasteiger partial charge in [0.15, 0.2) is 0 Å². The van der Waals surface area contributed by atoms with E-state index in [-0.39, 0.29) is 17.8 Å². The van der Waals surface area contributed by atoms with E-state index in [1.807, 2.05) is 19.4 Å². The SMILES string of the molecule is Cn1cc(N2CCC[C@H](NC(=O)C(C)(C)c3ccccc3F)C2)cn1. The summed E-state index contributed by atoms with van der Waals surface area (Å²) in [5.41, 5.74) is 0.573. The quantitative estimate of drug-likeness (QED) is 0.928. The van der Waals surface area contributed by atoms with Crippen molar-refractivity contribution in [1.29, 1.82) is 0 Å². The number of carbonyl (C=O) groups is 1. The van der Waals surface area contributed by atoms with Crippen molar-refractivity contribution >= 4 is 11.6 Å². The Bertz CT molecular complexity index is 755. The van der Waals surface area contributed by atoms with Gasteiger partial charge in [0.2, 0.25) is 5.91 Å². The molecule has 5 nitrogen and oxygen atoms in total. The smallest absolute Gasteiger partial charge is 0.230 e. The van der Waals surface area contributed by atoms with Crippen LogP contribution in [0.5, 0.6) is 0 Å². The van der Waals surface area contributed by atoms with Crippen LogP contribution in [0.15, 0.2) is 36.7 Å². The van der Waals surface area contributed by atoms with Gasteiger partial charge in [-0.05, 0) is 32.8 Å². The van der Waals surface area contributed by atoms with E-state index in [1.54, 1.807) is 36.7 Å². The van der Waals surface area contributed by atoms with Crippen LogP contribution < -0.4 is 10.2 Å².